The van der Waals surface area contributed by atoms with Gasteiger partial charge in [-0.25, -0.2) is 0 Å². The maximum atomic E-state index is 12.5. The summed E-state index contributed by atoms with van der Waals surface area (Å²) < 4.78 is 34.5. The summed E-state index contributed by atoms with van der Waals surface area (Å²) in [6.07, 6.45) is 2.58. The highest BCUT2D eigenvalue weighted by atomic mass is 19.3. The summed E-state index contributed by atoms with van der Waals surface area (Å²) in [5, 5.41) is 13.0. The summed E-state index contributed by atoms with van der Waals surface area (Å²) in [6.45, 7) is -2.12. The van der Waals surface area contributed by atoms with Gasteiger partial charge in [0.05, 0.1) is 12.7 Å². The standard InChI is InChI=1S/C14H19F2NO3/c1-19-11-5-2-4-10(12(11)20-13(15)16)8-17-9-14(18)6-3-7-14/h2,4-5,13,17-18H,3,6-9H2,1H3. The van der Waals surface area contributed by atoms with E-state index in [4.69, 9.17) is 4.74 Å². The van der Waals surface area contributed by atoms with Gasteiger partial charge in [-0.05, 0) is 25.3 Å². The Balaban J connectivity index is 2.01. The third-order valence-electron chi connectivity index (χ3n) is 3.54. The van der Waals surface area contributed by atoms with Crippen molar-refractivity contribution in [2.75, 3.05) is 13.7 Å². The zero-order chi connectivity index (χ0) is 14.6. The molecule has 0 radical (unpaired) electrons. The first-order chi connectivity index (χ1) is 9.54. The lowest BCUT2D eigenvalue weighted by molar-refractivity contribution is -0.0522. The van der Waals surface area contributed by atoms with E-state index in [0.29, 0.717) is 18.7 Å². The van der Waals surface area contributed by atoms with Crippen molar-refractivity contribution in [2.24, 2.45) is 0 Å². The van der Waals surface area contributed by atoms with Crippen molar-refractivity contribution in [1.82, 2.24) is 5.32 Å². The predicted octanol–water partition coefficient (Wildman–Crippen LogP) is 2.30. The monoisotopic (exact) mass is 287 g/mol. The molecule has 20 heavy (non-hydrogen) atoms. The van der Waals surface area contributed by atoms with Gasteiger partial charge in [0.2, 0.25) is 0 Å². The van der Waals surface area contributed by atoms with E-state index in [1.165, 1.54) is 7.11 Å². The highest BCUT2D eigenvalue weighted by Crippen LogP contribution is 2.33. The Bertz CT molecular complexity index is 450. The number of alkyl halides is 2. The SMILES string of the molecule is COc1cccc(CNCC2(O)CCC2)c1OC(F)F. The average Bonchev–Trinajstić information content (AvgIpc) is 2.38. The number of halogens is 2. The third-order valence-corrected chi connectivity index (χ3v) is 3.54. The summed E-state index contributed by atoms with van der Waals surface area (Å²) in [6, 6.07) is 4.98. The van der Waals surface area contributed by atoms with E-state index >= 15 is 0 Å². The van der Waals surface area contributed by atoms with Crippen molar-refractivity contribution in [2.45, 2.75) is 38.0 Å². The van der Waals surface area contributed by atoms with E-state index in [1.807, 2.05) is 0 Å². The highest BCUT2D eigenvalue weighted by molar-refractivity contribution is 5.46. The van der Waals surface area contributed by atoms with Crippen molar-refractivity contribution in [3.63, 3.8) is 0 Å². The van der Waals surface area contributed by atoms with Crippen molar-refractivity contribution in [1.29, 1.82) is 0 Å². The van der Waals surface area contributed by atoms with E-state index in [2.05, 4.69) is 10.1 Å². The molecule has 0 saturated heterocycles. The van der Waals surface area contributed by atoms with Crippen molar-refractivity contribution < 1.29 is 23.4 Å². The van der Waals surface area contributed by atoms with Crippen LogP contribution in [0.5, 0.6) is 11.5 Å². The van der Waals surface area contributed by atoms with Crippen LogP contribution >= 0.6 is 0 Å². The lowest BCUT2D eigenvalue weighted by Crippen LogP contribution is -2.46. The van der Waals surface area contributed by atoms with Crippen LogP contribution in [0, 0.1) is 0 Å². The van der Waals surface area contributed by atoms with Gasteiger partial charge >= 0.3 is 6.61 Å². The summed E-state index contributed by atoms with van der Waals surface area (Å²) in [4.78, 5) is 0. The van der Waals surface area contributed by atoms with Crippen LogP contribution in [-0.4, -0.2) is 31.0 Å². The second-order valence-electron chi connectivity index (χ2n) is 5.01. The molecule has 0 aliphatic heterocycles. The molecule has 0 bridgehead atoms. The van der Waals surface area contributed by atoms with E-state index in [-0.39, 0.29) is 11.5 Å². The maximum absolute atomic E-state index is 12.5. The van der Waals surface area contributed by atoms with Crippen molar-refractivity contribution >= 4 is 0 Å². The Labute approximate surface area is 116 Å². The van der Waals surface area contributed by atoms with Crippen LogP contribution in [0.2, 0.25) is 0 Å². The fourth-order valence-electron chi connectivity index (χ4n) is 2.28. The van der Waals surface area contributed by atoms with Crippen LogP contribution in [0.4, 0.5) is 8.78 Å². The van der Waals surface area contributed by atoms with Gasteiger partial charge in [0.1, 0.15) is 0 Å². The van der Waals surface area contributed by atoms with E-state index < -0.39 is 12.2 Å². The number of methoxy groups -OCH3 is 1. The molecule has 112 valence electrons. The minimum atomic E-state index is -2.90. The number of benzene rings is 1. The van der Waals surface area contributed by atoms with Gasteiger partial charge in [-0.15, -0.1) is 0 Å². The van der Waals surface area contributed by atoms with Crippen LogP contribution in [0.1, 0.15) is 24.8 Å². The number of rotatable bonds is 7. The number of hydrogen-bond donors (Lipinski definition) is 2. The Morgan fingerprint density at radius 1 is 1.40 bits per heavy atom. The Hall–Kier alpha value is -1.40. The number of aliphatic hydroxyl groups is 1. The molecule has 1 aromatic rings. The zero-order valence-electron chi connectivity index (χ0n) is 11.4. The maximum Gasteiger partial charge on any atom is 0.387 e. The van der Waals surface area contributed by atoms with Crippen LogP contribution in [0.3, 0.4) is 0 Å². The molecule has 0 unspecified atom stereocenters. The number of hydrogen-bond acceptors (Lipinski definition) is 4. The molecule has 0 atom stereocenters. The third kappa shape index (κ3) is 3.58. The second-order valence-corrected chi connectivity index (χ2v) is 5.01. The zero-order valence-corrected chi connectivity index (χ0v) is 11.4. The summed E-state index contributed by atoms with van der Waals surface area (Å²) in [5.41, 5.74) is -0.0737. The lowest BCUT2D eigenvalue weighted by atomic mass is 9.80. The van der Waals surface area contributed by atoms with Gasteiger partial charge in [0, 0.05) is 18.7 Å². The van der Waals surface area contributed by atoms with Gasteiger partial charge in [0.15, 0.2) is 11.5 Å². The molecule has 4 nitrogen and oxygen atoms in total. The fourth-order valence-corrected chi connectivity index (χ4v) is 2.28. The van der Waals surface area contributed by atoms with Gasteiger partial charge in [0.25, 0.3) is 0 Å². The number of para-hydroxylation sites is 1. The largest absolute Gasteiger partial charge is 0.493 e. The molecule has 0 aromatic heterocycles. The van der Waals surface area contributed by atoms with E-state index in [1.54, 1.807) is 18.2 Å². The molecule has 0 spiro atoms. The van der Waals surface area contributed by atoms with Gasteiger partial charge in [-0.1, -0.05) is 12.1 Å². The Morgan fingerprint density at radius 2 is 2.15 bits per heavy atom. The molecule has 0 heterocycles. The topological polar surface area (TPSA) is 50.7 Å². The molecule has 1 aromatic carbocycles. The normalized spacial score (nSPS) is 16.9. The molecule has 1 fully saturated rings. The smallest absolute Gasteiger partial charge is 0.387 e. The van der Waals surface area contributed by atoms with E-state index in [9.17, 15) is 13.9 Å². The summed E-state index contributed by atoms with van der Waals surface area (Å²) >= 11 is 0. The van der Waals surface area contributed by atoms with Crippen LogP contribution < -0.4 is 14.8 Å². The summed E-state index contributed by atoms with van der Waals surface area (Å²) in [5.74, 6) is 0.310. The first-order valence-corrected chi connectivity index (χ1v) is 6.58. The van der Waals surface area contributed by atoms with Gasteiger partial charge in [-0.3, -0.25) is 0 Å². The highest BCUT2D eigenvalue weighted by Gasteiger charge is 2.33. The molecule has 0 amide bonds. The molecular formula is C14H19F2NO3. The van der Waals surface area contributed by atoms with E-state index in [0.717, 1.165) is 19.3 Å². The predicted molar refractivity (Wildman–Crippen MR) is 70.1 cm³/mol. The molecule has 1 saturated carbocycles. The average molecular weight is 287 g/mol. The molecule has 6 heteroatoms. The van der Waals surface area contributed by atoms with Crippen LogP contribution in [0.25, 0.3) is 0 Å². The fraction of sp³-hybridized carbons (Fsp3) is 0.571. The van der Waals surface area contributed by atoms with Gasteiger partial charge < -0.3 is 19.9 Å². The Kier molecular flexibility index (Phi) is 4.77. The minimum Gasteiger partial charge on any atom is -0.493 e. The molecule has 2 N–H and O–H groups in total. The summed E-state index contributed by atoms with van der Waals surface area (Å²) in [7, 11) is 1.40. The van der Waals surface area contributed by atoms with Crippen molar-refractivity contribution in [3.05, 3.63) is 23.8 Å². The lowest BCUT2D eigenvalue weighted by Gasteiger charge is -2.36. The first kappa shape index (κ1) is 15.0. The molecule has 2 rings (SSSR count). The molecular weight excluding hydrogens is 268 g/mol. The van der Waals surface area contributed by atoms with Gasteiger partial charge in [-0.2, -0.15) is 8.78 Å². The number of nitrogens with one attached hydrogen (secondary N) is 1. The quantitative estimate of drug-likeness (QED) is 0.808. The molecule has 1 aliphatic rings. The second kappa shape index (κ2) is 6.37. The van der Waals surface area contributed by atoms with Crippen LogP contribution in [-0.2, 0) is 6.54 Å². The first-order valence-electron chi connectivity index (χ1n) is 6.58. The van der Waals surface area contributed by atoms with Crippen molar-refractivity contribution in [3.8, 4) is 11.5 Å². The van der Waals surface area contributed by atoms with Crippen LogP contribution in [0.15, 0.2) is 18.2 Å². The minimum absolute atomic E-state index is 0.0399. The number of ether oxygens (including phenoxy) is 2. The Morgan fingerprint density at radius 3 is 2.70 bits per heavy atom. The molecule has 1 aliphatic carbocycles.